The third-order valence-electron chi connectivity index (χ3n) is 6.76. The van der Waals surface area contributed by atoms with Gasteiger partial charge >= 0.3 is 5.97 Å². The summed E-state index contributed by atoms with van der Waals surface area (Å²) in [5.41, 5.74) is -1.03. The summed E-state index contributed by atoms with van der Waals surface area (Å²) in [7, 11) is 0. The van der Waals surface area contributed by atoms with E-state index in [0.29, 0.717) is 25.8 Å². The Bertz CT molecular complexity index is 691. The maximum atomic E-state index is 13.6. The zero-order valence-corrected chi connectivity index (χ0v) is 20.2. The molecule has 0 saturated carbocycles. The molecule has 3 rings (SSSR count). The van der Waals surface area contributed by atoms with Gasteiger partial charge in [-0.05, 0) is 46.0 Å². The smallest absolute Gasteiger partial charge is 0.312 e. The lowest BCUT2D eigenvalue weighted by Crippen LogP contribution is -2.57. The number of nitrogens with one attached hydrogen (secondary N) is 1. The van der Waals surface area contributed by atoms with E-state index < -0.39 is 35.6 Å². The molecule has 0 aromatic rings. The summed E-state index contributed by atoms with van der Waals surface area (Å²) in [6.07, 6.45) is 3.88. The Labute approximate surface area is 192 Å². The van der Waals surface area contributed by atoms with Gasteiger partial charge in [0.2, 0.25) is 11.8 Å². The molecule has 176 valence electrons. The molecule has 9 heteroatoms. The second-order valence-electron chi connectivity index (χ2n) is 8.93. The van der Waals surface area contributed by atoms with Crippen LogP contribution < -0.4 is 5.32 Å². The van der Waals surface area contributed by atoms with Crippen LogP contribution in [0.5, 0.6) is 0 Å². The number of amides is 2. The van der Waals surface area contributed by atoms with Crippen molar-refractivity contribution >= 4 is 33.7 Å². The van der Waals surface area contributed by atoms with Gasteiger partial charge in [0.05, 0.1) is 24.5 Å². The fourth-order valence-corrected chi connectivity index (χ4v) is 6.52. The van der Waals surface area contributed by atoms with E-state index in [0.717, 1.165) is 19.3 Å². The number of likely N-dealkylation sites (tertiary alicyclic amines) is 1. The van der Waals surface area contributed by atoms with Crippen molar-refractivity contribution < 1.29 is 29.0 Å². The van der Waals surface area contributed by atoms with E-state index in [-0.39, 0.29) is 35.9 Å². The average Bonchev–Trinajstić information content (AvgIpc) is 3.29. The molecular weight excluding hydrogens is 468 g/mol. The SMILES string of the molecule is CCCC(C)NC(=O)[C@@H]1N(CCCCCO)C(=O)[C@H]2[C@H](C(=O)OCC)[C@H]3O[C@@]12CC3Br. The molecule has 0 aromatic heterocycles. The average molecular weight is 503 g/mol. The zero-order chi connectivity index (χ0) is 22.8. The molecule has 2 bridgehead atoms. The maximum absolute atomic E-state index is 13.6. The van der Waals surface area contributed by atoms with Gasteiger partial charge < -0.3 is 24.8 Å². The highest BCUT2D eigenvalue weighted by Gasteiger charge is 2.76. The van der Waals surface area contributed by atoms with Crippen LogP contribution in [0.4, 0.5) is 0 Å². The van der Waals surface area contributed by atoms with E-state index >= 15 is 0 Å². The van der Waals surface area contributed by atoms with Gasteiger partial charge in [0.1, 0.15) is 11.6 Å². The molecule has 7 atom stereocenters. The first-order chi connectivity index (χ1) is 14.8. The zero-order valence-electron chi connectivity index (χ0n) is 18.6. The van der Waals surface area contributed by atoms with E-state index in [1.165, 1.54) is 0 Å². The number of carbonyl (C=O) groups excluding carboxylic acids is 3. The molecule has 0 aromatic carbocycles. The van der Waals surface area contributed by atoms with Crippen LogP contribution in [0.3, 0.4) is 0 Å². The molecule has 2 N–H and O–H groups in total. The number of unbranched alkanes of at least 4 members (excludes halogenated alkanes) is 2. The van der Waals surface area contributed by atoms with Gasteiger partial charge in [-0.3, -0.25) is 14.4 Å². The lowest BCUT2D eigenvalue weighted by atomic mass is 9.70. The number of ether oxygens (including phenoxy) is 2. The number of esters is 1. The number of aliphatic hydroxyl groups is 1. The second kappa shape index (κ2) is 10.2. The number of aliphatic hydroxyl groups excluding tert-OH is 1. The molecule has 0 radical (unpaired) electrons. The Morgan fingerprint density at radius 1 is 1.35 bits per heavy atom. The molecule has 2 amide bonds. The monoisotopic (exact) mass is 502 g/mol. The van der Waals surface area contributed by atoms with Crippen molar-refractivity contribution in [2.24, 2.45) is 11.8 Å². The van der Waals surface area contributed by atoms with E-state index in [9.17, 15) is 14.4 Å². The highest BCUT2D eigenvalue weighted by atomic mass is 79.9. The number of nitrogens with zero attached hydrogens (tertiary/aromatic N) is 1. The molecule has 3 aliphatic heterocycles. The first-order valence-corrected chi connectivity index (χ1v) is 12.4. The number of hydrogen-bond acceptors (Lipinski definition) is 6. The molecule has 1 spiro atoms. The largest absolute Gasteiger partial charge is 0.466 e. The number of halogens is 1. The number of fused-ring (bicyclic) bond motifs is 1. The molecule has 3 saturated heterocycles. The van der Waals surface area contributed by atoms with Crippen LogP contribution in [0.15, 0.2) is 0 Å². The Morgan fingerprint density at radius 2 is 2.10 bits per heavy atom. The Hall–Kier alpha value is -1.19. The van der Waals surface area contributed by atoms with Gasteiger partial charge in [-0.1, -0.05) is 29.3 Å². The molecule has 3 fully saturated rings. The highest BCUT2D eigenvalue weighted by molar-refractivity contribution is 9.09. The van der Waals surface area contributed by atoms with Crippen molar-refractivity contribution in [2.75, 3.05) is 19.8 Å². The van der Waals surface area contributed by atoms with Crippen LogP contribution in [0.25, 0.3) is 0 Å². The van der Waals surface area contributed by atoms with Gasteiger partial charge in [0, 0.05) is 24.0 Å². The van der Waals surface area contributed by atoms with Crippen LogP contribution in [0.2, 0.25) is 0 Å². The van der Waals surface area contributed by atoms with Gasteiger partial charge in [0.25, 0.3) is 0 Å². The Kier molecular flexibility index (Phi) is 8.02. The quantitative estimate of drug-likeness (QED) is 0.253. The summed E-state index contributed by atoms with van der Waals surface area (Å²) < 4.78 is 11.7. The van der Waals surface area contributed by atoms with Crippen LogP contribution in [-0.2, 0) is 23.9 Å². The van der Waals surface area contributed by atoms with E-state index in [4.69, 9.17) is 14.6 Å². The highest BCUT2D eigenvalue weighted by Crippen LogP contribution is 2.60. The van der Waals surface area contributed by atoms with E-state index in [1.807, 2.05) is 6.92 Å². The van der Waals surface area contributed by atoms with E-state index in [1.54, 1.807) is 11.8 Å². The van der Waals surface area contributed by atoms with E-state index in [2.05, 4.69) is 28.2 Å². The van der Waals surface area contributed by atoms with Crippen LogP contribution >= 0.6 is 15.9 Å². The normalized spacial score (nSPS) is 34.7. The predicted octanol–water partition coefficient (Wildman–Crippen LogP) is 1.76. The summed E-state index contributed by atoms with van der Waals surface area (Å²) in [5.74, 6) is -2.27. The standard InChI is InChI=1S/C22H35BrN2O6/c1-4-9-13(3)24-19(27)18-22-12-14(23)17(31-22)15(21(29)30-5-2)16(22)20(28)25(18)10-7-6-8-11-26/h13-18,26H,4-12H2,1-3H3,(H,24,27)/t13?,14?,15-,16+,17-,18-,22+/m0/s1. The molecule has 3 aliphatic rings. The fourth-order valence-electron chi connectivity index (χ4n) is 5.58. The molecule has 2 unspecified atom stereocenters. The topological polar surface area (TPSA) is 105 Å². The molecule has 3 heterocycles. The van der Waals surface area contributed by atoms with Crippen molar-refractivity contribution in [1.82, 2.24) is 10.2 Å². The first-order valence-electron chi connectivity index (χ1n) is 11.5. The molecular formula is C22H35BrN2O6. The minimum Gasteiger partial charge on any atom is -0.466 e. The van der Waals surface area contributed by atoms with Gasteiger partial charge in [-0.15, -0.1) is 0 Å². The molecule has 8 nitrogen and oxygen atoms in total. The predicted molar refractivity (Wildman–Crippen MR) is 117 cm³/mol. The third-order valence-corrected chi connectivity index (χ3v) is 7.61. The summed E-state index contributed by atoms with van der Waals surface area (Å²) in [6.45, 7) is 6.48. The van der Waals surface area contributed by atoms with Crippen molar-refractivity contribution in [1.29, 1.82) is 0 Å². The number of hydrogen-bond donors (Lipinski definition) is 2. The molecule has 0 aliphatic carbocycles. The molecule has 31 heavy (non-hydrogen) atoms. The number of rotatable bonds is 11. The first kappa shape index (κ1) is 24.5. The summed E-state index contributed by atoms with van der Waals surface area (Å²) in [6, 6.07) is -0.790. The van der Waals surface area contributed by atoms with Crippen LogP contribution in [0, 0.1) is 11.8 Å². The van der Waals surface area contributed by atoms with Crippen molar-refractivity contribution in [3.05, 3.63) is 0 Å². The van der Waals surface area contributed by atoms with Gasteiger partial charge in [-0.2, -0.15) is 0 Å². The van der Waals surface area contributed by atoms with Crippen molar-refractivity contribution in [3.8, 4) is 0 Å². The van der Waals surface area contributed by atoms with Crippen molar-refractivity contribution in [2.45, 2.75) is 87.9 Å². The lowest BCUT2D eigenvalue weighted by molar-refractivity contribution is -0.154. The summed E-state index contributed by atoms with van der Waals surface area (Å²) in [5, 5.41) is 12.1. The maximum Gasteiger partial charge on any atom is 0.312 e. The summed E-state index contributed by atoms with van der Waals surface area (Å²) in [4.78, 5) is 41.3. The van der Waals surface area contributed by atoms with Crippen LogP contribution in [-0.4, -0.2) is 76.2 Å². The Balaban J connectivity index is 1.92. The van der Waals surface area contributed by atoms with Crippen LogP contribution in [0.1, 0.15) is 59.3 Å². The second-order valence-corrected chi connectivity index (χ2v) is 10.1. The number of alkyl halides is 1. The lowest BCUT2D eigenvalue weighted by Gasteiger charge is -2.34. The fraction of sp³-hybridized carbons (Fsp3) is 0.864. The number of carbonyl (C=O) groups is 3. The Morgan fingerprint density at radius 3 is 2.74 bits per heavy atom. The third kappa shape index (κ3) is 4.37. The van der Waals surface area contributed by atoms with Crippen molar-refractivity contribution in [3.63, 3.8) is 0 Å². The van der Waals surface area contributed by atoms with Gasteiger partial charge in [-0.25, -0.2) is 0 Å². The minimum atomic E-state index is -1.03. The summed E-state index contributed by atoms with van der Waals surface area (Å²) >= 11 is 3.63. The minimum absolute atomic E-state index is 0.0153. The van der Waals surface area contributed by atoms with Gasteiger partial charge in [0.15, 0.2) is 0 Å².